The Kier molecular flexibility index (Phi) is 7.65. The lowest BCUT2D eigenvalue weighted by Gasteiger charge is -2.45. The summed E-state index contributed by atoms with van der Waals surface area (Å²) in [5.74, 6) is -2.83. The standard InChI is InChI=1S/C30H46N2O6/c1-8-29-14-11-9-10-12-17-37-26(36)22(29)21-24(34)32(20(2)18-33)23-25(35)31(16-13-15-30(21,23)38-29)28(6,7)19-27(3,4)5/h11,13-15,20-23,33H,8-10,12,16-19H2,1-7H3/b14-11-/t20-,21+,22-,23?,29+,30+/m1/s1. The average Bonchev–Trinajstić information content (AvgIpc) is 3.18. The first-order chi connectivity index (χ1) is 17.7. The molecule has 1 spiro atoms. The fraction of sp³-hybridized carbons (Fsp3) is 0.767. The molecule has 0 aromatic carbocycles. The zero-order valence-electron chi connectivity index (χ0n) is 24.2. The van der Waals surface area contributed by atoms with E-state index in [9.17, 15) is 19.5 Å². The number of allylic oxidation sites excluding steroid dienone is 1. The quantitative estimate of drug-likeness (QED) is 0.431. The Balaban J connectivity index is 1.89. The van der Waals surface area contributed by atoms with Crippen molar-refractivity contribution in [3.63, 3.8) is 0 Å². The molecule has 0 aliphatic carbocycles. The molecule has 0 aromatic rings. The average molecular weight is 531 g/mol. The smallest absolute Gasteiger partial charge is 0.313 e. The Morgan fingerprint density at radius 1 is 1.05 bits per heavy atom. The number of aliphatic hydroxyl groups is 1. The molecule has 0 saturated carbocycles. The largest absolute Gasteiger partial charge is 0.465 e. The maximum atomic E-state index is 14.6. The van der Waals surface area contributed by atoms with E-state index in [4.69, 9.17) is 9.47 Å². The number of ether oxygens (including phenoxy) is 2. The zero-order valence-corrected chi connectivity index (χ0v) is 24.2. The number of esters is 1. The van der Waals surface area contributed by atoms with Gasteiger partial charge in [-0.3, -0.25) is 14.4 Å². The molecule has 8 nitrogen and oxygen atoms in total. The highest BCUT2D eigenvalue weighted by Crippen LogP contribution is 2.58. The molecule has 38 heavy (non-hydrogen) atoms. The number of carbonyl (C=O) groups is 3. The number of fused-ring (bicyclic) bond motifs is 2. The van der Waals surface area contributed by atoms with Crippen molar-refractivity contribution >= 4 is 17.8 Å². The van der Waals surface area contributed by atoms with Crippen molar-refractivity contribution < 1.29 is 29.0 Å². The molecule has 1 N–H and O–H groups in total. The van der Waals surface area contributed by atoms with Gasteiger partial charge in [-0.2, -0.15) is 0 Å². The van der Waals surface area contributed by atoms with E-state index in [0.29, 0.717) is 19.6 Å². The molecule has 6 atom stereocenters. The van der Waals surface area contributed by atoms with Crippen LogP contribution >= 0.6 is 0 Å². The number of likely N-dealkylation sites (tertiary alicyclic amines) is 1. The summed E-state index contributed by atoms with van der Waals surface area (Å²) >= 11 is 0. The minimum absolute atomic E-state index is 0.0310. The van der Waals surface area contributed by atoms with E-state index in [1.807, 2.05) is 36.1 Å². The number of amides is 2. The first-order valence-corrected chi connectivity index (χ1v) is 14.2. The summed E-state index contributed by atoms with van der Waals surface area (Å²) in [6.45, 7) is 14.6. The van der Waals surface area contributed by atoms with Crippen LogP contribution in [0.3, 0.4) is 0 Å². The van der Waals surface area contributed by atoms with Gasteiger partial charge in [-0.25, -0.2) is 0 Å². The summed E-state index contributed by atoms with van der Waals surface area (Å²) in [6, 6.07) is -1.62. The second-order valence-electron chi connectivity index (χ2n) is 13.4. The van der Waals surface area contributed by atoms with Crippen molar-refractivity contribution in [3.8, 4) is 0 Å². The fourth-order valence-electron chi connectivity index (χ4n) is 7.48. The maximum absolute atomic E-state index is 14.6. The second kappa shape index (κ2) is 10.1. The van der Waals surface area contributed by atoms with Crippen molar-refractivity contribution in [1.82, 2.24) is 9.80 Å². The molecule has 0 aromatic heterocycles. The third kappa shape index (κ3) is 4.61. The highest BCUT2D eigenvalue weighted by molar-refractivity contribution is 5.99. The lowest BCUT2D eigenvalue weighted by molar-refractivity contribution is -0.164. The molecule has 0 bridgehead atoms. The minimum Gasteiger partial charge on any atom is -0.465 e. The topological polar surface area (TPSA) is 96.4 Å². The Bertz CT molecular complexity index is 1010. The van der Waals surface area contributed by atoms with Gasteiger partial charge in [-0.1, -0.05) is 52.0 Å². The van der Waals surface area contributed by atoms with Gasteiger partial charge in [-0.05, 0) is 58.3 Å². The normalized spacial score (nSPS) is 35.8. The van der Waals surface area contributed by atoms with Crippen LogP contribution in [0.2, 0.25) is 0 Å². The van der Waals surface area contributed by atoms with E-state index < -0.39 is 46.6 Å². The van der Waals surface area contributed by atoms with Crippen LogP contribution in [0.15, 0.2) is 24.3 Å². The molecule has 2 fully saturated rings. The molecule has 2 amide bonds. The van der Waals surface area contributed by atoms with Crippen molar-refractivity contribution in [2.45, 2.75) is 109 Å². The SMILES string of the molecule is CC[C@]12/C=C\CCCCOC(=O)[C@H]1[C@H]1C(=O)N([C@H](C)CO)C3C(=O)N(C(C)(C)CC(C)(C)C)CC=C[C@@]31O2. The fourth-order valence-corrected chi connectivity index (χ4v) is 7.48. The number of aliphatic hydroxyl groups excluding tert-OH is 1. The van der Waals surface area contributed by atoms with Crippen LogP contribution in [-0.2, 0) is 23.9 Å². The Morgan fingerprint density at radius 2 is 1.76 bits per heavy atom. The summed E-state index contributed by atoms with van der Waals surface area (Å²) in [4.78, 5) is 45.9. The Labute approximate surface area is 227 Å². The van der Waals surface area contributed by atoms with E-state index in [-0.39, 0.29) is 23.8 Å². The predicted molar refractivity (Wildman–Crippen MR) is 144 cm³/mol. The summed E-state index contributed by atoms with van der Waals surface area (Å²) in [5.41, 5.74) is -2.95. The summed E-state index contributed by atoms with van der Waals surface area (Å²) < 4.78 is 12.7. The van der Waals surface area contributed by atoms with E-state index in [1.54, 1.807) is 6.92 Å². The van der Waals surface area contributed by atoms with Gasteiger partial charge in [0.2, 0.25) is 11.8 Å². The van der Waals surface area contributed by atoms with Crippen LogP contribution in [0.25, 0.3) is 0 Å². The Morgan fingerprint density at radius 3 is 2.39 bits per heavy atom. The molecule has 1 unspecified atom stereocenters. The molecule has 4 rings (SSSR count). The van der Waals surface area contributed by atoms with Crippen LogP contribution < -0.4 is 0 Å². The highest BCUT2D eigenvalue weighted by Gasteiger charge is 2.76. The van der Waals surface area contributed by atoms with Gasteiger partial charge in [0.1, 0.15) is 23.2 Å². The van der Waals surface area contributed by atoms with Crippen LogP contribution in [0.5, 0.6) is 0 Å². The van der Waals surface area contributed by atoms with E-state index in [2.05, 4.69) is 34.6 Å². The van der Waals surface area contributed by atoms with E-state index in [1.165, 1.54) is 4.90 Å². The summed E-state index contributed by atoms with van der Waals surface area (Å²) in [7, 11) is 0. The minimum atomic E-state index is -1.34. The molecule has 2 saturated heterocycles. The highest BCUT2D eigenvalue weighted by atomic mass is 16.6. The van der Waals surface area contributed by atoms with Gasteiger partial charge in [0.05, 0.1) is 25.2 Å². The molecule has 0 radical (unpaired) electrons. The van der Waals surface area contributed by atoms with Crippen molar-refractivity contribution in [1.29, 1.82) is 0 Å². The van der Waals surface area contributed by atoms with Crippen LogP contribution in [-0.4, -0.2) is 81.3 Å². The molecule has 4 heterocycles. The third-order valence-electron chi connectivity index (χ3n) is 8.75. The Hall–Kier alpha value is -2.19. The van der Waals surface area contributed by atoms with Gasteiger partial charge in [0.15, 0.2) is 0 Å². The lowest BCUT2D eigenvalue weighted by Crippen LogP contribution is -2.61. The van der Waals surface area contributed by atoms with Crippen molar-refractivity contribution in [3.05, 3.63) is 24.3 Å². The lowest BCUT2D eigenvalue weighted by atomic mass is 9.73. The van der Waals surface area contributed by atoms with Gasteiger partial charge >= 0.3 is 5.97 Å². The number of rotatable bonds is 5. The van der Waals surface area contributed by atoms with Gasteiger partial charge in [0.25, 0.3) is 0 Å². The molecule has 4 aliphatic rings. The van der Waals surface area contributed by atoms with Gasteiger partial charge < -0.3 is 24.4 Å². The zero-order chi connectivity index (χ0) is 28.1. The number of nitrogens with zero attached hydrogens (tertiary/aromatic N) is 2. The molecule has 4 aliphatic heterocycles. The van der Waals surface area contributed by atoms with Crippen LogP contribution in [0.1, 0.15) is 80.6 Å². The number of hydrogen-bond donors (Lipinski definition) is 1. The summed E-state index contributed by atoms with van der Waals surface area (Å²) in [5, 5.41) is 10.2. The molecule has 8 heteroatoms. The van der Waals surface area contributed by atoms with E-state index >= 15 is 0 Å². The van der Waals surface area contributed by atoms with Crippen molar-refractivity contribution in [2.75, 3.05) is 19.8 Å². The first-order valence-electron chi connectivity index (χ1n) is 14.2. The monoisotopic (exact) mass is 530 g/mol. The van der Waals surface area contributed by atoms with Gasteiger partial charge in [-0.15, -0.1) is 0 Å². The molecular weight excluding hydrogens is 484 g/mol. The predicted octanol–water partition coefficient (Wildman–Crippen LogP) is 3.62. The number of cyclic esters (lactones) is 1. The van der Waals surface area contributed by atoms with Gasteiger partial charge in [0, 0.05) is 12.1 Å². The number of hydrogen-bond acceptors (Lipinski definition) is 6. The summed E-state index contributed by atoms with van der Waals surface area (Å²) in [6.07, 6.45) is 11.4. The molecule has 212 valence electrons. The maximum Gasteiger partial charge on any atom is 0.313 e. The van der Waals surface area contributed by atoms with Crippen LogP contribution in [0, 0.1) is 17.3 Å². The van der Waals surface area contributed by atoms with Crippen molar-refractivity contribution in [2.24, 2.45) is 17.3 Å². The first kappa shape index (κ1) is 28.8. The van der Waals surface area contributed by atoms with E-state index in [0.717, 1.165) is 25.7 Å². The third-order valence-corrected chi connectivity index (χ3v) is 8.75. The van der Waals surface area contributed by atoms with Crippen LogP contribution in [0.4, 0.5) is 0 Å². The second-order valence-corrected chi connectivity index (χ2v) is 13.4. The molecular formula is C30H46N2O6. The number of carbonyl (C=O) groups excluding carboxylic acids is 3.